The Hall–Kier alpha value is -1.32. The molecule has 0 aromatic heterocycles. The predicted octanol–water partition coefficient (Wildman–Crippen LogP) is 4.04. The van der Waals surface area contributed by atoms with Gasteiger partial charge in [0.25, 0.3) is 0 Å². The Labute approximate surface area is 128 Å². The zero-order valence-electron chi connectivity index (χ0n) is 13.7. The standard InChI is InChI=1S/C17H30O4/c1-4-5-6-7-13-20-16(18)11-8-12-17(19)21-14-9-10-15(2)3/h5-6,15H,4,7-14H2,1-3H3/b6-5-. The second kappa shape index (κ2) is 13.7. The van der Waals surface area contributed by atoms with Crippen molar-refractivity contribution < 1.29 is 19.1 Å². The van der Waals surface area contributed by atoms with Gasteiger partial charge in [-0.25, -0.2) is 0 Å². The van der Waals surface area contributed by atoms with Gasteiger partial charge >= 0.3 is 11.9 Å². The van der Waals surface area contributed by atoms with Crippen molar-refractivity contribution in [2.45, 2.75) is 65.7 Å². The molecule has 0 N–H and O–H groups in total. The van der Waals surface area contributed by atoms with E-state index in [1.54, 1.807) is 0 Å². The molecule has 0 bridgehead atoms. The SMILES string of the molecule is CC/C=C\CCOC(=O)CCCC(=O)OCCCC(C)C. The number of carbonyl (C=O) groups excluding carboxylic acids is 2. The molecule has 0 saturated carbocycles. The first-order valence-electron chi connectivity index (χ1n) is 8.02. The highest BCUT2D eigenvalue weighted by Gasteiger charge is 2.07. The van der Waals surface area contributed by atoms with E-state index >= 15 is 0 Å². The third-order valence-corrected chi connectivity index (χ3v) is 2.90. The van der Waals surface area contributed by atoms with Crippen LogP contribution in [0.25, 0.3) is 0 Å². The van der Waals surface area contributed by atoms with E-state index in [0.717, 1.165) is 25.7 Å². The highest BCUT2D eigenvalue weighted by molar-refractivity contribution is 5.72. The molecule has 0 amide bonds. The average Bonchev–Trinajstić information content (AvgIpc) is 2.43. The van der Waals surface area contributed by atoms with Gasteiger partial charge in [-0.1, -0.05) is 32.9 Å². The Balaban J connectivity index is 3.44. The maximum absolute atomic E-state index is 11.4. The Morgan fingerprint density at radius 1 is 0.952 bits per heavy atom. The van der Waals surface area contributed by atoms with E-state index in [4.69, 9.17) is 9.47 Å². The molecular formula is C17H30O4. The summed E-state index contributed by atoms with van der Waals surface area (Å²) in [6.45, 7) is 7.24. The number of rotatable bonds is 12. The molecule has 0 fully saturated rings. The summed E-state index contributed by atoms with van der Waals surface area (Å²) in [5.74, 6) is 0.163. The van der Waals surface area contributed by atoms with Gasteiger partial charge in [-0.2, -0.15) is 0 Å². The molecule has 0 aliphatic rings. The van der Waals surface area contributed by atoms with Crippen LogP contribution >= 0.6 is 0 Å². The smallest absolute Gasteiger partial charge is 0.305 e. The van der Waals surface area contributed by atoms with Crippen molar-refractivity contribution >= 4 is 11.9 Å². The molecule has 0 atom stereocenters. The Morgan fingerprint density at radius 2 is 1.57 bits per heavy atom. The second-order valence-corrected chi connectivity index (χ2v) is 5.50. The van der Waals surface area contributed by atoms with Crippen LogP contribution in [0.5, 0.6) is 0 Å². The fourth-order valence-electron chi connectivity index (χ4n) is 1.72. The van der Waals surface area contributed by atoms with Crippen molar-refractivity contribution in [1.82, 2.24) is 0 Å². The van der Waals surface area contributed by atoms with Crippen LogP contribution in [0.1, 0.15) is 65.7 Å². The minimum Gasteiger partial charge on any atom is -0.466 e. The number of ether oxygens (including phenoxy) is 2. The number of hydrogen-bond acceptors (Lipinski definition) is 4. The first-order chi connectivity index (χ1) is 10.1. The maximum Gasteiger partial charge on any atom is 0.305 e. The van der Waals surface area contributed by atoms with Crippen molar-refractivity contribution in [2.24, 2.45) is 5.92 Å². The van der Waals surface area contributed by atoms with Crippen molar-refractivity contribution in [1.29, 1.82) is 0 Å². The molecule has 0 unspecified atom stereocenters. The molecule has 0 rings (SSSR count). The summed E-state index contributed by atoms with van der Waals surface area (Å²) >= 11 is 0. The molecule has 0 heterocycles. The Bertz CT molecular complexity index is 308. The van der Waals surface area contributed by atoms with Crippen LogP contribution < -0.4 is 0 Å². The third-order valence-electron chi connectivity index (χ3n) is 2.90. The summed E-state index contributed by atoms with van der Waals surface area (Å²) in [5, 5.41) is 0. The normalized spacial score (nSPS) is 11.0. The van der Waals surface area contributed by atoms with Crippen molar-refractivity contribution in [3.05, 3.63) is 12.2 Å². The largest absolute Gasteiger partial charge is 0.466 e. The van der Waals surface area contributed by atoms with E-state index in [9.17, 15) is 9.59 Å². The summed E-state index contributed by atoms with van der Waals surface area (Å²) in [5.41, 5.74) is 0. The summed E-state index contributed by atoms with van der Waals surface area (Å²) in [7, 11) is 0. The quantitative estimate of drug-likeness (QED) is 0.310. The van der Waals surface area contributed by atoms with Gasteiger partial charge in [0, 0.05) is 12.8 Å². The monoisotopic (exact) mass is 298 g/mol. The molecule has 0 radical (unpaired) electrons. The second-order valence-electron chi connectivity index (χ2n) is 5.50. The van der Waals surface area contributed by atoms with Gasteiger partial charge in [0.15, 0.2) is 0 Å². The average molecular weight is 298 g/mol. The van der Waals surface area contributed by atoms with Crippen LogP contribution in [0.3, 0.4) is 0 Å². The highest BCUT2D eigenvalue weighted by atomic mass is 16.5. The number of carbonyl (C=O) groups is 2. The van der Waals surface area contributed by atoms with Crippen LogP contribution in [0.4, 0.5) is 0 Å². The first kappa shape index (κ1) is 19.7. The fraction of sp³-hybridized carbons (Fsp3) is 0.765. The topological polar surface area (TPSA) is 52.6 Å². The predicted molar refractivity (Wildman–Crippen MR) is 83.9 cm³/mol. The number of hydrogen-bond donors (Lipinski definition) is 0. The zero-order valence-corrected chi connectivity index (χ0v) is 13.7. The van der Waals surface area contributed by atoms with Crippen LogP contribution in [-0.4, -0.2) is 25.2 Å². The minimum absolute atomic E-state index is 0.225. The lowest BCUT2D eigenvalue weighted by Gasteiger charge is -2.06. The van der Waals surface area contributed by atoms with Crippen molar-refractivity contribution in [2.75, 3.05) is 13.2 Å². The van der Waals surface area contributed by atoms with E-state index < -0.39 is 0 Å². The van der Waals surface area contributed by atoms with Crippen molar-refractivity contribution in [3.63, 3.8) is 0 Å². The van der Waals surface area contributed by atoms with Crippen LogP contribution in [0.15, 0.2) is 12.2 Å². The lowest BCUT2D eigenvalue weighted by Crippen LogP contribution is -2.09. The lowest BCUT2D eigenvalue weighted by atomic mass is 10.1. The molecule has 0 spiro atoms. The summed E-state index contributed by atoms with van der Waals surface area (Å²) < 4.78 is 10.2. The van der Waals surface area contributed by atoms with Gasteiger partial charge in [-0.05, 0) is 38.0 Å². The van der Waals surface area contributed by atoms with E-state index in [1.165, 1.54) is 0 Å². The van der Waals surface area contributed by atoms with Gasteiger partial charge < -0.3 is 9.47 Å². The molecule has 4 nitrogen and oxygen atoms in total. The Morgan fingerprint density at radius 3 is 2.14 bits per heavy atom. The lowest BCUT2D eigenvalue weighted by molar-refractivity contribution is -0.145. The zero-order chi connectivity index (χ0) is 15.9. The van der Waals surface area contributed by atoms with Crippen molar-refractivity contribution in [3.8, 4) is 0 Å². The summed E-state index contributed by atoms with van der Waals surface area (Å²) in [6, 6.07) is 0. The van der Waals surface area contributed by atoms with Crippen LogP contribution in [-0.2, 0) is 19.1 Å². The Kier molecular flexibility index (Phi) is 12.8. The maximum atomic E-state index is 11.4. The molecule has 122 valence electrons. The number of esters is 2. The molecule has 0 aromatic carbocycles. The molecule has 0 aliphatic heterocycles. The molecule has 21 heavy (non-hydrogen) atoms. The molecule has 0 aliphatic carbocycles. The minimum atomic E-state index is -0.243. The first-order valence-corrected chi connectivity index (χ1v) is 8.02. The summed E-state index contributed by atoms with van der Waals surface area (Å²) in [6.07, 6.45) is 8.80. The fourth-order valence-corrected chi connectivity index (χ4v) is 1.72. The molecule has 0 saturated heterocycles. The van der Waals surface area contributed by atoms with E-state index in [0.29, 0.717) is 25.6 Å². The van der Waals surface area contributed by atoms with Gasteiger partial charge in [0.05, 0.1) is 13.2 Å². The van der Waals surface area contributed by atoms with E-state index in [-0.39, 0.29) is 24.8 Å². The van der Waals surface area contributed by atoms with Gasteiger partial charge in [0.2, 0.25) is 0 Å². The third kappa shape index (κ3) is 14.9. The van der Waals surface area contributed by atoms with E-state index in [2.05, 4.69) is 20.8 Å². The van der Waals surface area contributed by atoms with Crippen LogP contribution in [0, 0.1) is 5.92 Å². The van der Waals surface area contributed by atoms with Gasteiger partial charge in [-0.3, -0.25) is 9.59 Å². The molecular weight excluding hydrogens is 268 g/mol. The summed E-state index contributed by atoms with van der Waals surface area (Å²) in [4.78, 5) is 22.8. The van der Waals surface area contributed by atoms with Gasteiger partial charge in [0.1, 0.15) is 0 Å². The molecule has 0 aromatic rings. The van der Waals surface area contributed by atoms with Gasteiger partial charge in [-0.15, -0.1) is 0 Å². The van der Waals surface area contributed by atoms with Crippen LogP contribution in [0.2, 0.25) is 0 Å². The number of allylic oxidation sites excluding steroid dienone is 1. The van der Waals surface area contributed by atoms with E-state index in [1.807, 2.05) is 12.2 Å². The molecule has 4 heteroatoms. The highest BCUT2D eigenvalue weighted by Crippen LogP contribution is 2.05.